The second kappa shape index (κ2) is 4.62. The van der Waals surface area contributed by atoms with Crippen LogP contribution in [-0.2, 0) is 5.75 Å². The van der Waals surface area contributed by atoms with Crippen molar-refractivity contribution >= 4 is 11.8 Å². The molecule has 0 fully saturated rings. The summed E-state index contributed by atoms with van der Waals surface area (Å²) in [5, 5.41) is 16.9. The maximum Gasteiger partial charge on any atom is 0.117 e. The lowest BCUT2D eigenvalue weighted by molar-refractivity contribution is 0.196. The molecule has 74 valence electrons. The number of aromatic nitrogens is 2. The van der Waals surface area contributed by atoms with E-state index in [1.807, 2.05) is 13.8 Å². The van der Waals surface area contributed by atoms with Crippen molar-refractivity contribution in [2.75, 3.05) is 0 Å². The van der Waals surface area contributed by atoms with Crippen molar-refractivity contribution < 1.29 is 9.74 Å². The molecule has 1 heterocycles. The molecule has 4 nitrogen and oxygen atoms in total. The summed E-state index contributed by atoms with van der Waals surface area (Å²) in [5.74, 6) is 0.737. The van der Waals surface area contributed by atoms with Crippen LogP contribution in [0.1, 0.15) is 25.2 Å². The smallest absolute Gasteiger partial charge is 0.117 e. The van der Waals surface area contributed by atoms with Gasteiger partial charge in [-0.15, -0.1) is 11.8 Å². The molecule has 0 bridgehead atoms. The molecule has 0 radical (unpaired) electrons. The lowest BCUT2D eigenvalue weighted by atomic mass is 10.3. The lowest BCUT2D eigenvalue weighted by Gasteiger charge is -2.12. The molecule has 0 aliphatic rings. The molecule has 13 heavy (non-hydrogen) atoms. The Hall–Kier alpha value is -0.550. The maximum atomic E-state index is 9.24. The minimum atomic E-state index is -0.301. The molecule has 1 aromatic heterocycles. The van der Waals surface area contributed by atoms with Crippen LogP contribution in [-0.4, -0.2) is 26.8 Å². The highest BCUT2D eigenvalue weighted by atomic mass is 32.2. The minimum Gasteiger partial charge on any atom is -0.392 e. The normalized spacial score (nSPS) is 15.7. The van der Waals surface area contributed by atoms with Crippen LogP contribution < -0.4 is 0 Å². The first-order chi connectivity index (χ1) is 6.11. The lowest BCUT2D eigenvalue weighted by Crippen LogP contribution is -2.15. The third-order valence-corrected chi connectivity index (χ3v) is 3.27. The Balaban J connectivity index is 2.39. The second-order valence-corrected chi connectivity index (χ2v) is 4.42. The summed E-state index contributed by atoms with van der Waals surface area (Å²) in [6.07, 6.45) is -0.301. The van der Waals surface area contributed by atoms with E-state index < -0.39 is 0 Å². The van der Waals surface area contributed by atoms with Crippen molar-refractivity contribution in [1.82, 2.24) is 10.3 Å². The Kier molecular flexibility index (Phi) is 3.74. The molecule has 1 N–H and O–H groups in total. The molecular weight excluding hydrogens is 188 g/mol. The average molecular weight is 202 g/mol. The molecule has 5 heteroatoms. The van der Waals surface area contributed by atoms with Crippen LogP contribution >= 0.6 is 11.8 Å². The first-order valence-corrected chi connectivity index (χ1v) is 5.24. The van der Waals surface area contributed by atoms with Crippen LogP contribution in [0.15, 0.2) is 4.63 Å². The summed E-state index contributed by atoms with van der Waals surface area (Å²) in [5.41, 5.74) is 1.68. The number of rotatable bonds is 4. The molecule has 0 amide bonds. The molecule has 1 rings (SSSR count). The summed E-state index contributed by atoms with van der Waals surface area (Å²) >= 11 is 1.64. The van der Waals surface area contributed by atoms with Gasteiger partial charge < -0.3 is 5.11 Å². The fourth-order valence-corrected chi connectivity index (χ4v) is 1.69. The van der Waals surface area contributed by atoms with E-state index in [1.165, 1.54) is 0 Å². The summed E-state index contributed by atoms with van der Waals surface area (Å²) in [7, 11) is 0. The van der Waals surface area contributed by atoms with E-state index in [2.05, 4.69) is 14.9 Å². The molecular formula is C8H14N2O2S. The van der Waals surface area contributed by atoms with Gasteiger partial charge in [-0.2, -0.15) is 0 Å². The van der Waals surface area contributed by atoms with Crippen molar-refractivity contribution in [1.29, 1.82) is 0 Å². The number of nitrogens with zero attached hydrogens (tertiary/aromatic N) is 2. The van der Waals surface area contributed by atoms with Crippen molar-refractivity contribution in [3.63, 3.8) is 0 Å². The van der Waals surface area contributed by atoms with Crippen LogP contribution in [0.4, 0.5) is 0 Å². The van der Waals surface area contributed by atoms with E-state index in [0.29, 0.717) is 0 Å². The van der Waals surface area contributed by atoms with Gasteiger partial charge in [0.25, 0.3) is 0 Å². The predicted octanol–water partition coefficient (Wildman–Crippen LogP) is 1.38. The number of hydrogen-bond acceptors (Lipinski definition) is 5. The largest absolute Gasteiger partial charge is 0.392 e. The summed E-state index contributed by atoms with van der Waals surface area (Å²) < 4.78 is 4.56. The van der Waals surface area contributed by atoms with Gasteiger partial charge in [0.15, 0.2) is 0 Å². The first kappa shape index (κ1) is 10.5. The molecule has 0 aliphatic carbocycles. The Labute approximate surface area is 81.7 Å². The summed E-state index contributed by atoms with van der Waals surface area (Å²) in [6.45, 7) is 5.63. The number of aliphatic hydroxyl groups excluding tert-OH is 1. The zero-order valence-corrected chi connectivity index (χ0v) is 8.84. The third kappa shape index (κ3) is 3.00. The Morgan fingerprint density at radius 3 is 2.62 bits per heavy atom. The third-order valence-electron chi connectivity index (χ3n) is 1.91. The van der Waals surface area contributed by atoms with Gasteiger partial charge in [-0.05, 0) is 13.8 Å². The zero-order chi connectivity index (χ0) is 9.84. The highest BCUT2D eigenvalue weighted by Crippen LogP contribution is 2.19. The van der Waals surface area contributed by atoms with E-state index >= 15 is 0 Å². The van der Waals surface area contributed by atoms with Gasteiger partial charge in [-0.1, -0.05) is 17.2 Å². The standard InChI is InChI=1S/C8H14N2O2S/c1-5-8(10-12-9-5)4-13-7(3)6(2)11/h6-7,11H,4H2,1-3H3. The maximum absolute atomic E-state index is 9.24. The van der Waals surface area contributed by atoms with Crippen LogP contribution in [0.5, 0.6) is 0 Å². The minimum absolute atomic E-state index is 0.205. The van der Waals surface area contributed by atoms with Gasteiger partial charge in [-0.3, -0.25) is 0 Å². The molecule has 2 unspecified atom stereocenters. The van der Waals surface area contributed by atoms with Crippen LogP contribution in [0.2, 0.25) is 0 Å². The average Bonchev–Trinajstić information content (AvgIpc) is 2.47. The SMILES string of the molecule is Cc1nonc1CSC(C)C(C)O. The van der Waals surface area contributed by atoms with E-state index in [4.69, 9.17) is 0 Å². The monoisotopic (exact) mass is 202 g/mol. The Bertz CT molecular complexity index is 262. The topological polar surface area (TPSA) is 59.2 Å². The van der Waals surface area contributed by atoms with Crippen molar-refractivity contribution in [3.05, 3.63) is 11.4 Å². The van der Waals surface area contributed by atoms with Crippen molar-refractivity contribution in [2.45, 2.75) is 37.9 Å². The molecule has 1 aromatic rings. The number of aryl methyl sites for hydroxylation is 1. The predicted molar refractivity (Wildman–Crippen MR) is 51.5 cm³/mol. The van der Waals surface area contributed by atoms with E-state index in [9.17, 15) is 5.11 Å². The van der Waals surface area contributed by atoms with Gasteiger partial charge in [0, 0.05) is 11.0 Å². The van der Waals surface area contributed by atoms with Crippen molar-refractivity contribution in [3.8, 4) is 0 Å². The number of thioether (sulfide) groups is 1. The van der Waals surface area contributed by atoms with Gasteiger partial charge >= 0.3 is 0 Å². The van der Waals surface area contributed by atoms with E-state index in [1.54, 1.807) is 18.7 Å². The fourth-order valence-electron chi connectivity index (χ4n) is 0.730. The quantitative estimate of drug-likeness (QED) is 0.799. The van der Waals surface area contributed by atoms with Gasteiger partial charge in [0.05, 0.1) is 6.10 Å². The summed E-state index contributed by atoms with van der Waals surface area (Å²) in [6, 6.07) is 0. The zero-order valence-electron chi connectivity index (χ0n) is 8.02. The molecule has 0 saturated carbocycles. The van der Waals surface area contributed by atoms with Crippen LogP contribution in [0.3, 0.4) is 0 Å². The van der Waals surface area contributed by atoms with Gasteiger partial charge in [0.2, 0.25) is 0 Å². The number of hydrogen-bond donors (Lipinski definition) is 1. The molecule has 0 aliphatic heterocycles. The van der Waals surface area contributed by atoms with Crippen LogP contribution in [0, 0.1) is 6.92 Å². The molecule has 2 atom stereocenters. The van der Waals surface area contributed by atoms with E-state index in [-0.39, 0.29) is 11.4 Å². The highest BCUT2D eigenvalue weighted by Gasteiger charge is 2.12. The first-order valence-electron chi connectivity index (χ1n) is 4.19. The summed E-state index contributed by atoms with van der Waals surface area (Å²) in [4.78, 5) is 0. The number of aliphatic hydroxyl groups is 1. The Morgan fingerprint density at radius 2 is 2.15 bits per heavy atom. The fraction of sp³-hybridized carbons (Fsp3) is 0.750. The van der Waals surface area contributed by atoms with E-state index in [0.717, 1.165) is 17.1 Å². The van der Waals surface area contributed by atoms with Gasteiger partial charge in [-0.25, -0.2) is 4.63 Å². The van der Waals surface area contributed by atoms with Gasteiger partial charge in [0.1, 0.15) is 11.4 Å². The Morgan fingerprint density at radius 1 is 1.46 bits per heavy atom. The molecule has 0 spiro atoms. The van der Waals surface area contributed by atoms with Crippen molar-refractivity contribution in [2.24, 2.45) is 0 Å². The van der Waals surface area contributed by atoms with Crippen LogP contribution in [0.25, 0.3) is 0 Å². The molecule has 0 saturated heterocycles. The second-order valence-electron chi connectivity index (χ2n) is 3.05. The highest BCUT2D eigenvalue weighted by molar-refractivity contribution is 7.99. The molecule has 0 aromatic carbocycles.